The van der Waals surface area contributed by atoms with Crippen LogP contribution in [0, 0.1) is 0 Å². The van der Waals surface area contributed by atoms with Crippen LogP contribution in [0.1, 0.15) is 25.7 Å². The Morgan fingerprint density at radius 2 is 2.25 bits per heavy atom. The van der Waals surface area contributed by atoms with Crippen LogP contribution >= 0.6 is 0 Å². The van der Waals surface area contributed by atoms with Crippen molar-refractivity contribution >= 4 is 11.7 Å². The summed E-state index contributed by atoms with van der Waals surface area (Å²) in [6.45, 7) is 5.35. The summed E-state index contributed by atoms with van der Waals surface area (Å²) in [5.41, 5.74) is 0. The third kappa shape index (κ3) is 3.59. The summed E-state index contributed by atoms with van der Waals surface area (Å²) in [6, 6.07) is 6.43. The van der Waals surface area contributed by atoms with Gasteiger partial charge in [-0.3, -0.25) is 4.79 Å². The maximum atomic E-state index is 12.0. The lowest BCUT2D eigenvalue weighted by Gasteiger charge is -2.37. The molecule has 108 valence electrons. The van der Waals surface area contributed by atoms with Crippen LogP contribution in [-0.2, 0) is 4.79 Å². The summed E-state index contributed by atoms with van der Waals surface area (Å²) in [5, 5.41) is 0. The Labute approximate surface area is 121 Å². The van der Waals surface area contributed by atoms with Crippen LogP contribution in [0.2, 0.25) is 0 Å². The van der Waals surface area contributed by atoms with Crippen molar-refractivity contribution in [3.8, 4) is 0 Å². The van der Waals surface area contributed by atoms with E-state index in [4.69, 9.17) is 0 Å². The first-order valence-electron chi connectivity index (χ1n) is 7.25. The predicted molar refractivity (Wildman–Crippen MR) is 81.7 cm³/mol. The van der Waals surface area contributed by atoms with Gasteiger partial charge < -0.3 is 9.80 Å². The van der Waals surface area contributed by atoms with E-state index in [1.165, 1.54) is 0 Å². The minimum atomic E-state index is 0.254. The molecule has 1 aliphatic rings. The average Bonchev–Trinajstić information content (AvgIpc) is 2.53. The first-order valence-corrected chi connectivity index (χ1v) is 7.25. The molecule has 2 rings (SSSR count). The van der Waals surface area contributed by atoms with Gasteiger partial charge >= 0.3 is 0 Å². The standard InChI is InChI=1S/C16H23N3O/c1-3-4-8-16(20)19-12-9-14(10-13-19)18(2)15-7-5-6-11-17-15/h3,5-7,11,14H,1,4,8-10,12-13H2,2H3. The van der Waals surface area contributed by atoms with Crippen LogP contribution in [0.15, 0.2) is 37.1 Å². The van der Waals surface area contributed by atoms with E-state index in [9.17, 15) is 4.79 Å². The summed E-state index contributed by atoms with van der Waals surface area (Å²) >= 11 is 0. The normalized spacial score (nSPS) is 15.9. The zero-order valence-electron chi connectivity index (χ0n) is 12.2. The molecular weight excluding hydrogens is 250 g/mol. The molecule has 0 spiro atoms. The van der Waals surface area contributed by atoms with E-state index in [1.54, 1.807) is 6.08 Å². The summed E-state index contributed by atoms with van der Waals surface area (Å²) in [6.07, 6.45) is 7.00. The second-order valence-corrected chi connectivity index (χ2v) is 5.24. The van der Waals surface area contributed by atoms with Crippen LogP contribution in [0.3, 0.4) is 0 Å². The lowest BCUT2D eigenvalue weighted by atomic mass is 10.0. The van der Waals surface area contributed by atoms with E-state index in [1.807, 2.05) is 29.3 Å². The molecule has 2 heterocycles. The van der Waals surface area contributed by atoms with Crippen molar-refractivity contribution in [2.45, 2.75) is 31.7 Å². The lowest BCUT2D eigenvalue weighted by Crippen LogP contribution is -2.45. The van der Waals surface area contributed by atoms with Gasteiger partial charge in [-0.2, -0.15) is 0 Å². The third-order valence-corrected chi connectivity index (χ3v) is 3.94. The van der Waals surface area contributed by atoms with Crippen LogP contribution in [-0.4, -0.2) is 42.0 Å². The fraction of sp³-hybridized carbons (Fsp3) is 0.500. The van der Waals surface area contributed by atoms with E-state index < -0.39 is 0 Å². The van der Waals surface area contributed by atoms with E-state index in [2.05, 4.69) is 23.5 Å². The molecule has 0 saturated carbocycles. The quantitative estimate of drug-likeness (QED) is 0.773. The summed E-state index contributed by atoms with van der Waals surface area (Å²) < 4.78 is 0. The molecule has 1 fully saturated rings. The molecule has 0 radical (unpaired) electrons. The van der Waals surface area contributed by atoms with Crippen molar-refractivity contribution in [1.82, 2.24) is 9.88 Å². The molecule has 4 nitrogen and oxygen atoms in total. The Bertz CT molecular complexity index is 438. The number of piperidine rings is 1. The molecule has 0 atom stereocenters. The molecule has 0 aromatic carbocycles. The monoisotopic (exact) mass is 273 g/mol. The van der Waals surface area contributed by atoms with Crippen molar-refractivity contribution in [2.24, 2.45) is 0 Å². The number of nitrogens with zero attached hydrogens (tertiary/aromatic N) is 3. The predicted octanol–water partition coefficient (Wildman–Crippen LogP) is 2.48. The number of anilines is 1. The van der Waals surface area contributed by atoms with E-state index in [-0.39, 0.29) is 5.91 Å². The molecule has 0 bridgehead atoms. The number of rotatable bonds is 5. The molecule has 1 saturated heterocycles. The number of amides is 1. The first kappa shape index (κ1) is 14.6. The van der Waals surface area contributed by atoms with Gasteiger partial charge in [-0.15, -0.1) is 6.58 Å². The van der Waals surface area contributed by atoms with Gasteiger partial charge in [0.2, 0.25) is 5.91 Å². The van der Waals surface area contributed by atoms with E-state index in [0.717, 1.165) is 38.2 Å². The van der Waals surface area contributed by atoms with Gasteiger partial charge in [-0.25, -0.2) is 4.98 Å². The molecule has 1 aromatic heterocycles. The minimum absolute atomic E-state index is 0.254. The largest absolute Gasteiger partial charge is 0.357 e. The maximum Gasteiger partial charge on any atom is 0.222 e. The molecular formula is C16H23N3O. The summed E-state index contributed by atoms with van der Waals surface area (Å²) in [7, 11) is 2.09. The number of allylic oxidation sites excluding steroid dienone is 1. The Morgan fingerprint density at radius 1 is 1.50 bits per heavy atom. The fourth-order valence-electron chi connectivity index (χ4n) is 2.64. The Morgan fingerprint density at radius 3 is 2.85 bits per heavy atom. The molecule has 1 aliphatic heterocycles. The second kappa shape index (κ2) is 7.08. The van der Waals surface area contributed by atoms with Crippen molar-refractivity contribution < 1.29 is 4.79 Å². The average molecular weight is 273 g/mol. The first-order chi connectivity index (χ1) is 9.72. The van der Waals surface area contributed by atoms with Gasteiger partial charge in [0.25, 0.3) is 0 Å². The highest BCUT2D eigenvalue weighted by Crippen LogP contribution is 2.20. The molecule has 1 aromatic rings. The minimum Gasteiger partial charge on any atom is -0.357 e. The van der Waals surface area contributed by atoms with Crippen LogP contribution < -0.4 is 4.90 Å². The van der Waals surface area contributed by atoms with Gasteiger partial charge in [0.1, 0.15) is 5.82 Å². The number of aromatic nitrogens is 1. The summed E-state index contributed by atoms with van der Waals surface area (Å²) in [5.74, 6) is 1.26. The van der Waals surface area contributed by atoms with Gasteiger partial charge in [0.05, 0.1) is 0 Å². The number of hydrogen-bond acceptors (Lipinski definition) is 3. The number of carbonyl (C=O) groups excluding carboxylic acids is 1. The Balaban J connectivity index is 1.85. The zero-order valence-corrected chi connectivity index (χ0v) is 12.2. The van der Waals surface area contributed by atoms with Gasteiger partial charge in [-0.1, -0.05) is 12.1 Å². The smallest absolute Gasteiger partial charge is 0.222 e. The van der Waals surface area contributed by atoms with Crippen molar-refractivity contribution in [2.75, 3.05) is 25.0 Å². The van der Waals surface area contributed by atoms with Gasteiger partial charge in [0.15, 0.2) is 0 Å². The molecule has 0 aliphatic carbocycles. The van der Waals surface area contributed by atoms with Crippen molar-refractivity contribution in [3.63, 3.8) is 0 Å². The second-order valence-electron chi connectivity index (χ2n) is 5.24. The summed E-state index contributed by atoms with van der Waals surface area (Å²) in [4.78, 5) is 20.5. The molecule has 20 heavy (non-hydrogen) atoms. The van der Waals surface area contributed by atoms with Crippen molar-refractivity contribution in [1.29, 1.82) is 0 Å². The van der Waals surface area contributed by atoms with Gasteiger partial charge in [0, 0.05) is 38.8 Å². The molecule has 1 amide bonds. The zero-order chi connectivity index (χ0) is 14.4. The number of likely N-dealkylation sites (tertiary alicyclic amines) is 1. The third-order valence-electron chi connectivity index (χ3n) is 3.94. The lowest BCUT2D eigenvalue weighted by molar-refractivity contribution is -0.132. The fourth-order valence-corrected chi connectivity index (χ4v) is 2.64. The van der Waals surface area contributed by atoms with Crippen molar-refractivity contribution in [3.05, 3.63) is 37.1 Å². The van der Waals surface area contributed by atoms with Gasteiger partial charge in [-0.05, 0) is 31.4 Å². The SMILES string of the molecule is C=CCCC(=O)N1CCC(N(C)c2ccccn2)CC1. The highest BCUT2D eigenvalue weighted by Gasteiger charge is 2.25. The topological polar surface area (TPSA) is 36.4 Å². The molecule has 0 unspecified atom stereocenters. The van der Waals surface area contributed by atoms with Crippen LogP contribution in [0.4, 0.5) is 5.82 Å². The maximum absolute atomic E-state index is 12.0. The highest BCUT2D eigenvalue weighted by molar-refractivity contribution is 5.76. The van der Waals surface area contributed by atoms with E-state index in [0.29, 0.717) is 12.5 Å². The Hall–Kier alpha value is -1.84. The number of pyridine rings is 1. The van der Waals surface area contributed by atoms with Crippen LogP contribution in [0.5, 0.6) is 0 Å². The Kier molecular flexibility index (Phi) is 5.16. The number of hydrogen-bond donors (Lipinski definition) is 0. The number of carbonyl (C=O) groups is 1. The van der Waals surface area contributed by atoms with E-state index >= 15 is 0 Å². The molecule has 4 heteroatoms. The highest BCUT2D eigenvalue weighted by atomic mass is 16.2. The van der Waals surface area contributed by atoms with Crippen LogP contribution in [0.25, 0.3) is 0 Å². The molecule has 0 N–H and O–H groups in total.